The van der Waals surface area contributed by atoms with E-state index in [0.717, 1.165) is 18.7 Å². The molecule has 1 rings (SSSR count). The van der Waals surface area contributed by atoms with E-state index in [1.807, 2.05) is 11.7 Å². The molecule has 1 heterocycles. The first kappa shape index (κ1) is 15.7. The van der Waals surface area contributed by atoms with E-state index in [9.17, 15) is 0 Å². The Kier molecular flexibility index (Phi) is 5.01. The van der Waals surface area contributed by atoms with E-state index in [2.05, 4.69) is 67.6 Å². The lowest BCUT2D eigenvalue weighted by Gasteiger charge is -2.35. The van der Waals surface area contributed by atoms with Gasteiger partial charge in [0.15, 0.2) is 0 Å². The highest BCUT2D eigenvalue weighted by molar-refractivity contribution is 9.10. The lowest BCUT2D eigenvalue weighted by atomic mass is 9.87. The lowest BCUT2D eigenvalue weighted by molar-refractivity contribution is 0.132. The summed E-state index contributed by atoms with van der Waals surface area (Å²) in [6, 6.07) is 0.518. The van der Waals surface area contributed by atoms with Crippen molar-refractivity contribution in [2.24, 2.45) is 12.5 Å². The van der Waals surface area contributed by atoms with Gasteiger partial charge in [0, 0.05) is 19.6 Å². The molecule has 1 unspecified atom stereocenters. The Balaban J connectivity index is 2.88. The maximum Gasteiger partial charge on any atom is 0.0767 e. The van der Waals surface area contributed by atoms with Crippen LogP contribution in [-0.4, -0.2) is 27.8 Å². The van der Waals surface area contributed by atoms with Crippen LogP contribution in [0, 0.1) is 5.41 Å². The van der Waals surface area contributed by atoms with Crippen LogP contribution < -0.4 is 0 Å². The molecule has 4 heteroatoms. The highest BCUT2D eigenvalue weighted by Gasteiger charge is 2.25. The van der Waals surface area contributed by atoms with Crippen molar-refractivity contribution in [2.45, 2.75) is 53.6 Å². The van der Waals surface area contributed by atoms with Gasteiger partial charge in [-0.3, -0.25) is 9.58 Å². The van der Waals surface area contributed by atoms with Crippen LogP contribution in [0.1, 0.15) is 46.0 Å². The third-order valence-electron chi connectivity index (χ3n) is 3.82. The largest absolute Gasteiger partial charge is 0.297 e. The standard InChI is InChI=1S/C14H26BrN3/c1-8-11-13(15)12(18(7)16-11)9-17(6)10(2)14(3,4)5/h10H,8-9H2,1-7H3. The molecule has 0 N–H and O–H groups in total. The molecule has 0 spiro atoms. The summed E-state index contributed by atoms with van der Waals surface area (Å²) >= 11 is 3.68. The fourth-order valence-corrected chi connectivity index (χ4v) is 2.77. The number of nitrogens with zero attached hydrogens (tertiary/aromatic N) is 3. The molecular formula is C14H26BrN3. The summed E-state index contributed by atoms with van der Waals surface area (Å²) in [4.78, 5) is 2.39. The summed E-state index contributed by atoms with van der Waals surface area (Å²) in [5, 5.41) is 4.55. The fourth-order valence-electron chi connectivity index (χ4n) is 2.03. The first-order valence-corrected chi connectivity index (χ1v) is 7.38. The minimum absolute atomic E-state index is 0.285. The van der Waals surface area contributed by atoms with Crippen molar-refractivity contribution in [3.8, 4) is 0 Å². The predicted octanol–water partition coefficient (Wildman–Crippen LogP) is 3.61. The topological polar surface area (TPSA) is 21.1 Å². The van der Waals surface area contributed by atoms with Gasteiger partial charge in [-0.25, -0.2) is 0 Å². The van der Waals surface area contributed by atoms with Crippen molar-refractivity contribution in [2.75, 3.05) is 7.05 Å². The zero-order valence-corrected chi connectivity index (χ0v) is 14.3. The van der Waals surface area contributed by atoms with Crippen molar-refractivity contribution in [3.05, 3.63) is 15.9 Å². The fraction of sp³-hybridized carbons (Fsp3) is 0.786. The minimum Gasteiger partial charge on any atom is -0.297 e. The first-order valence-electron chi connectivity index (χ1n) is 6.59. The predicted molar refractivity (Wildman–Crippen MR) is 80.7 cm³/mol. The number of rotatable bonds is 4. The summed E-state index contributed by atoms with van der Waals surface area (Å²) in [6.07, 6.45) is 0.965. The highest BCUT2D eigenvalue weighted by Crippen LogP contribution is 2.27. The van der Waals surface area contributed by atoms with E-state index in [4.69, 9.17) is 0 Å². The number of aryl methyl sites for hydroxylation is 2. The van der Waals surface area contributed by atoms with Crippen LogP contribution in [0.2, 0.25) is 0 Å². The summed E-state index contributed by atoms with van der Waals surface area (Å²) < 4.78 is 3.16. The van der Waals surface area contributed by atoms with Gasteiger partial charge in [-0.2, -0.15) is 5.10 Å². The van der Waals surface area contributed by atoms with E-state index < -0.39 is 0 Å². The van der Waals surface area contributed by atoms with E-state index >= 15 is 0 Å². The van der Waals surface area contributed by atoms with Crippen molar-refractivity contribution >= 4 is 15.9 Å². The van der Waals surface area contributed by atoms with Crippen molar-refractivity contribution in [1.29, 1.82) is 0 Å². The molecule has 0 saturated heterocycles. The summed E-state index contributed by atoms with van der Waals surface area (Å²) in [5.41, 5.74) is 2.68. The number of hydrogen-bond acceptors (Lipinski definition) is 2. The molecule has 1 atom stereocenters. The van der Waals surface area contributed by atoms with E-state index in [1.54, 1.807) is 0 Å². The van der Waals surface area contributed by atoms with Crippen molar-refractivity contribution < 1.29 is 0 Å². The van der Waals surface area contributed by atoms with Gasteiger partial charge in [0.25, 0.3) is 0 Å². The van der Waals surface area contributed by atoms with E-state index in [-0.39, 0.29) is 5.41 Å². The second kappa shape index (κ2) is 5.74. The first-order chi connectivity index (χ1) is 8.18. The van der Waals surface area contributed by atoms with Crippen LogP contribution in [0.3, 0.4) is 0 Å². The summed E-state index contributed by atoms with van der Waals surface area (Å²) in [6.45, 7) is 12.2. The normalized spacial score (nSPS) is 14.3. The van der Waals surface area contributed by atoms with Gasteiger partial charge in [-0.1, -0.05) is 27.7 Å². The molecule has 0 aliphatic rings. The second-order valence-corrected chi connectivity index (χ2v) is 6.93. The van der Waals surface area contributed by atoms with Crippen molar-refractivity contribution in [1.82, 2.24) is 14.7 Å². The lowest BCUT2D eigenvalue weighted by Crippen LogP contribution is -2.39. The summed E-state index contributed by atoms with van der Waals surface area (Å²) in [5.74, 6) is 0. The molecule has 0 aliphatic heterocycles. The van der Waals surface area contributed by atoms with Gasteiger partial charge in [-0.15, -0.1) is 0 Å². The third kappa shape index (κ3) is 3.35. The van der Waals surface area contributed by atoms with Crippen LogP contribution in [0.5, 0.6) is 0 Å². The molecule has 18 heavy (non-hydrogen) atoms. The molecule has 0 amide bonds. The Morgan fingerprint density at radius 3 is 2.33 bits per heavy atom. The number of aromatic nitrogens is 2. The molecule has 0 aromatic carbocycles. The molecule has 0 fully saturated rings. The minimum atomic E-state index is 0.285. The van der Waals surface area contributed by atoms with E-state index in [1.165, 1.54) is 10.2 Å². The smallest absolute Gasteiger partial charge is 0.0767 e. The van der Waals surface area contributed by atoms with Crippen LogP contribution in [-0.2, 0) is 20.0 Å². The average molecular weight is 316 g/mol. The monoisotopic (exact) mass is 315 g/mol. The SMILES string of the molecule is CCc1nn(C)c(CN(C)C(C)C(C)(C)C)c1Br. The zero-order valence-electron chi connectivity index (χ0n) is 12.7. The second-order valence-electron chi connectivity index (χ2n) is 6.14. The third-order valence-corrected chi connectivity index (χ3v) is 4.73. The number of hydrogen-bond donors (Lipinski definition) is 0. The Labute approximate surface area is 120 Å². The van der Waals surface area contributed by atoms with Gasteiger partial charge in [0.1, 0.15) is 0 Å². The molecule has 0 saturated carbocycles. The van der Waals surface area contributed by atoms with Crippen molar-refractivity contribution in [3.63, 3.8) is 0 Å². The molecule has 1 aromatic heterocycles. The quantitative estimate of drug-likeness (QED) is 0.846. The highest BCUT2D eigenvalue weighted by atomic mass is 79.9. The average Bonchev–Trinajstić information content (AvgIpc) is 2.54. The van der Waals surface area contributed by atoms with Gasteiger partial charge in [0.2, 0.25) is 0 Å². The molecular weight excluding hydrogens is 290 g/mol. The van der Waals surface area contributed by atoms with Crippen LogP contribution >= 0.6 is 15.9 Å². The Hall–Kier alpha value is -0.350. The molecule has 0 radical (unpaired) electrons. The molecule has 1 aromatic rings. The maximum atomic E-state index is 4.55. The Morgan fingerprint density at radius 2 is 1.94 bits per heavy atom. The number of halogens is 1. The van der Waals surface area contributed by atoms with Crippen LogP contribution in [0.15, 0.2) is 4.47 Å². The van der Waals surface area contributed by atoms with Gasteiger partial charge >= 0.3 is 0 Å². The molecule has 0 aliphatic carbocycles. The van der Waals surface area contributed by atoms with Gasteiger partial charge < -0.3 is 0 Å². The molecule has 0 bridgehead atoms. The van der Waals surface area contributed by atoms with Gasteiger partial charge in [-0.05, 0) is 41.7 Å². The summed E-state index contributed by atoms with van der Waals surface area (Å²) in [7, 11) is 4.20. The zero-order chi connectivity index (χ0) is 14.1. The molecule has 3 nitrogen and oxygen atoms in total. The Morgan fingerprint density at radius 1 is 1.39 bits per heavy atom. The van der Waals surface area contributed by atoms with Crippen LogP contribution in [0.25, 0.3) is 0 Å². The van der Waals surface area contributed by atoms with E-state index in [0.29, 0.717) is 6.04 Å². The maximum absolute atomic E-state index is 4.55. The van der Waals surface area contributed by atoms with Gasteiger partial charge in [0.05, 0.1) is 15.9 Å². The molecule has 104 valence electrons. The van der Waals surface area contributed by atoms with Crippen LogP contribution in [0.4, 0.5) is 0 Å². The Bertz CT molecular complexity index is 404.